The van der Waals surface area contributed by atoms with Crippen molar-refractivity contribution in [2.24, 2.45) is 5.10 Å². The average Bonchev–Trinajstić information content (AvgIpc) is 2.68. The number of hydrogen-bond acceptors (Lipinski definition) is 3. The van der Waals surface area contributed by atoms with Gasteiger partial charge >= 0.3 is 0 Å². The molecule has 4 aromatic carbocycles. The predicted octanol–water partition coefficient (Wildman–Crippen LogP) is 5.43. The number of benzene rings is 4. The van der Waals surface area contributed by atoms with Crippen molar-refractivity contribution < 1.29 is 0 Å². The highest BCUT2D eigenvalue weighted by Crippen LogP contribution is 2.35. The van der Waals surface area contributed by atoms with Crippen molar-refractivity contribution >= 4 is 44.3 Å². The van der Waals surface area contributed by atoms with Crippen LogP contribution in [0.15, 0.2) is 84.1 Å². The second-order valence-electron chi connectivity index (χ2n) is 6.10. The Morgan fingerprint density at radius 2 is 1.48 bits per heavy atom. The van der Waals surface area contributed by atoms with Gasteiger partial charge in [0, 0.05) is 11.8 Å². The zero-order valence-corrected chi connectivity index (χ0v) is 13.5. The molecule has 0 atom stereocenters. The minimum absolute atomic E-state index is 0.733. The van der Waals surface area contributed by atoms with Crippen molar-refractivity contribution in [3.63, 3.8) is 0 Å². The van der Waals surface area contributed by atoms with Crippen LogP contribution in [-0.4, -0.2) is 11.2 Å². The summed E-state index contributed by atoms with van der Waals surface area (Å²) in [6.07, 6.45) is 3.61. The Kier molecular flexibility index (Phi) is 3.10. The average molecular weight is 321 g/mol. The molecule has 0 saturated carbocycles. The summed E-state index contributed by atoms with van der Waals surface area (Å²) >= 11 is 0. The third kappa shape index (κ3) is 2.29. The number of aromatic nitrogens is 1. The summed E-state index contributed by atoms with van der Waals surface area (Å²) in [6.45, 7) is 0. The lowest BCUT2D eigenvalue weighted by Crippen LogP contribution is -1.94. The topological polar surface area (TPSA) is 37.3 Å². The largest absolute Gasteiger partial charge is 0.261 e. The second kappa shape index (κ2) is 5.56. The van der Waals surface area contributed by atoms with Crippen LogP contribution < -0.4 is 5.43 Å². The molecule has 25 heavy (non-hydrogen) atoms. The first-order chi connectivity index (χ1) is 12.4. The Balaban J connectivity index is 1.66. The third-order valence-corrected chi connectivity index (χ3v) is 4.61. The monoisotopic (exact) mass is 321 g/mol. The number of nitrogens with zero attached hydrogens (tertiary/aromatic N) is 2. The first kappa shape index (κ1) is 13.9. The SMILES string of the molecule is C(=N\Nc1ccccn1)/c1ccc2ccc3cccc4ccc1c2c34. The van der Waals surface area contributed by atoms with E-state index in [0.29, 0.717) is 0 Å². The molecule has 5 rings (SSSR count). The van der Waals surface area contributed by atoms with Gasteiger partial charge in [0.1, 0.15) is 5.82 Å². The van der Waals surface area contributed by atoms with Crippen LogP contribution in [0.25, 0.3) is 32.3 Å². The summed E-state index contributed by atoms with van der Waals surface area (Å²) in [7, 11) is 0. The molecule has 0 radical (unpaired) electrons. The molecule has 3 heteroatoms. The molecule has 5 aromatic rings. The van der Waals surface area contributed by atoms with E-state index in [0.717, 1.165) is 11.4 Å². The highest BCUT2D eigenvalue weighted by molar-refractivity contribution is 6.25. The fourth-order valence-electron chi connectivity index (χ4n) is 3.47. The Bertz CT molecular complexity index is 1190. The number of pyridine rings is 1. The van der Waals surface area contributed by atoms with E-state index in [9.17, 15) is 0 Å². The highest BCUT2D eigenvalue weighted by Gasteiger charge is 2.09. The Hall–Kier alpha value is -3.46. The minimum Gasteiger partial charge on any atom is -0.261 e. The van der Waals surface area contributed by atoms with E-state index in [4.69, 9.17) is 0 Å². The van der Waals surface area contributed by atoms with Crippen LogP contribution >= 0.6 is 0 Å². The maximum absolute atomic E-state index is 4.36. The van der Waals surface area contributed by atoms with Crippen molar-refractivity contribution in [1.82, 2.24) is 4.98 Å². The van der Waals surface area contributed by atoms with Gasteiger partial charge in [-0.3, -0.25) is 5.43 Å². The lowest BCUT2D eigenvalue weighted by molar-refractivity contribution is 1.23. The van der Waals surface area contributed by atoms with Gasteiger partial charge in [-0.2, -0.15) is 5.10 Å². The number of anilines is 1. The molecule has 0 amide bonds. The fraction of sp³-hybridized carbons (Fsp3) is 0. The second-order valence-corrected chi connectivity index (χ2v) is 6.10. The van der Waals surface area contributed by atoms with Gasteiger partial charge in [-0.1, -0.05) is 60.7 Å². The van der Waals surface area contributed by atoms with Gasteiger partial charge in [-0.25, -0.2) is 4.98 Å². The standard InChI is InChI=1S/C22H15N3/c1-2-13-23-20(6-1)25-24-14-18-10-9-17-8-7-15-4-3-5-16-11-12-19(18)22(17)21(15)16/h1-14H,(H,23,25)/b24-14+. The van der Waals surface area contributed by atoms with E-state index in [-0.39, 0.29) is 0 Å². The molecule has 1 N–H and O–H groups in total. The molecule has 0 spiro atoms. The highest BCUT2D eigenvalue weighted by atomic mass is 15.3. The summed E-state index contributed by atoms with van der Waals surface area (Å²) in [5.41, 5.74) is 4.07. The molecule has 0 unspecified atom stereocenters. The maximum atomic E-state index is 4.36. The summed E-state index contributed by atoms with van der Waals surface area (Å²) in [6, 6.07) is 25.2. The first-order valence-corrected chi connectivity index (χ1v) is 8.27. The zero-order valence-electron chi connectivity index (χ0n) is 13.5. The summed E-state index contributed by atoms with van der Waals surface area (Å²) < 4.78 is 0. The summed E-state index contributed by atoms with van der Waals surface area (Å²) in [5.74, 6) is 0.733. The predicted molar refractivity (Wildman–Crippen MR) is 106 cm³/mol. The Morgan fingerprint density at radius 3 is 2.28 bits per heavy atom. The van der Waals surface area contributed by atoms with Gasteiger partial charge in [0.25, 0.3) is 0 Å². The Morgan fingerprint density at radius 1 is 0.720 bits per heavy atom. The van der Waals surface area contributed by atoms with E-state index in [2.05, 4.69) is 70.1 Å². The van der Waals surface area contributed by atoms with Gasteiger partial charge in [0.05, 0.1) is 6.21 Å². The molecular formula is C22H15N3. The summed E-state index contributed by atoms with van der Waals surface area (Å²) in [4.78, 5) is 4.21. The van der Waals surface area contributed by atoms with E-state index < -0.39 is 0 Å². The smallest absolute Gasteiger partial charge is 0.146 e. The van der Waals surface area contributed by atoms with E-state index in [1.807, 2.05) is 24.4 Å². The molecule has 1 heterocycles. The van der Waals surface area contributed by atoms with Gasteiger partial charge < -0.3 is 0 Å². The van der Waals surface area contributed by atoms with Crippen molar-refractivity contribution in [1.29, 1.82) is 0 Å². The van der Waals surface area contributed by atoms with Gasteiger partial charge in [0.15, 0.2) is 0 Å². The van der Waals surface area contributed by atoms with E-state index in [1.165, 1.54) is 32.3 Å². The van der Waals surface area contributed by atoms with Crippen molar-refractivity contribution in [3.05, 3.63) is 84.6 Å². The first-order valence-electron chi connectivity index (χ1n) is 8.27. The minimum atomic E-state index is 0.733. The number of hydrogen-bond donors (Lipinski definition) is 1. The molecule has 118 valence electrons. The molecule has 0 aliphatic heterocycles. The number of rotatable bonds is 3. The van der Waals surface area contributed by atoms with Gasteiger partial charge in [0.2, 0.25) is 0 Å². The maximum Gasteiger partial charge on any atom is 0.146 e. The number of hydrazone groups is 1. The molecule has 0 saturated heterocycles. The van der Waals surface area contributed by atoms with E-state index in [1.54, 1.807) is 6.20 Å². The molecule has 3 nitrogen and oxygen atoms in total. The quantitative estimate of drug-likeness (QED) is 0.273. The molecule has 1 aromatic heterocycles. The fourth-order valence-corrected chi connectivity index (χ4v) is 3.47. The van der Waals surface area contributed by atoms with Crippen LogP contribution in [0, 0.1) is 0 Å². The van der Waals surface area contributed by atoms with Crippen LogP contribution in [0.5, 0.6) is 0 Å². The van der Waals surface area contributed by atoms with Gasteiger partial charge in [-0.05, 0) is 44.5 Å². The van der Waals surface area contributed by atoms with Crippen LogP contribution in [0.4, 0.5) is 5.82 Å². The van der Waals surface area contributed by atoms with Crippen LogP contribution in [0.3, 0.4) is 0 Å². The number of nitrogens with one attached hydrogen (secondary N) is 1. The van der Waals surface area contributed by atoms with Crippen molar-refractivity contribution in [2.45, 2.75) is 0 Å². The van der Waals surface area contributed by atoms with Crippen LogP contribution in [0.1, 0.15) is 5.56 Å². The molecule has 0 aliphatic carbocycles. The lowest BCUT2D eigenvalue weighted by atomic mass is 9.92. The molecule has 0 fully saturated rings. The summed E-state index contributed by atoms with van der Waals surface area (Å²) in [5, 5.41) is 12.0. The van der Waals surface area contributed by atoms with Gasteiger partial charge in [-0.15, -0.1) is 0 Å². The normalized spacial score (nSPS) is 11.8. The van der Waals surface area contributed by atoms with Crippen molar-refractivity contribution in [3.8, 4) is 0 Å². The lowest BCUT2D eigenvalue weighted by Gasteiger charge is -2.12. The zero-order chi connectivity index (χ0) is 16.6. The molecule has 0 bridgehead atoms. The van der Waals surface area contributed by atoms with Crippen LogP contribution in [0.2, 0.25) is 0 Å². The van der Waals surface area contributed by atoms with Crippen LogP contribution in [-0.2, 0) is 0 Å². The third-order valence-electron chi connectivity index (χ3n) is 4.61. The van der Waals surface area contributed by atoms with E-state index >= 15 is 0 Å². The molecular weight excluding hydrogens is 306 g/mol. The molecule has 0 aliphatic rings. The van der Waals surface area contributed by atoms with Crippen molar-refractivity contribution in [2.75, 3.05) is 5.43 Å². The Labute approximate surface area is 145 Å².